The van der Waals surface area contributed by atoms with Crippen LogP contribution in [0.25, 0.3) is 109 Å². The van der Waals surface area contributed by atoms with Gasteiger partial charge in [-0.1, -0.05) is 188 Å². The van der Waals surface area contributed by atoms with E-state index in [1.807, 2.05) is 0 Å². The van der Waals surface area contributed by atoms with Gasteiger partial charge in [0.2, 0.25) is 0 Å². The van der Waals surface area contributed by atoms with E-state index in [1.165, 1.54) is 109 Å². The molecule has 0 bridgehead atoms. The second kappa shape index (κ2) is 12.3. The van der Waals surface area contributed by atoms with Gasteiger partial charge in [0.05, 0.1) is 0 Å². The van der Waals surface area contributed by atoms with Crippen LogP contribution in [-0.4, -0.2) is 0 Å². The van der Waals surface area contributed by atoms with Gasteiger partial charge in [-0.25, -0.2) is 0 Å². The summed E-state index contributed by atoms with van der Waals surface area (Å²) in [6, 6.07) is 76.2. The summed E-state index contributed by atoms with van der Waals surface area (Å²) in [7, 11) is 0. The van der Waals surface area contributed by atoms with E-state index in [9.17, 15) is 0 Å². The summed E-state index contributed by atoms with van der Waals surface area (Å²) in [5.74, 6) is 0. The first-order valence-corrected chi connectivity index (χ1v) is 18.7. The molecule has 11 aromatic rings. The predicted molar refractivity (Wildman–Crippen MR) is 233 cm³/mol. The molecular weight excluding hydrogens is 649 g/mol. The largest absolute Gasteiger partial charge is 0.0616 e. The minimum atomic E-state index is 1.22. The highest BCUT2D eigenvalue weighted by Crippen LogP contribution is 2.47. The van der Waals surface area contributed by atoms with Gasteiger partial charge in [0.25, 0.3) is 0 Å². The van der Waals surface area contributed by atoms with Crippen LogP contribution in [-0.2, 0) is 0 Å². The molecule has 0 saturated carbocycles. The van der Waals surface area contributed by atoms with Gasteiger partial charge in [0.1, 0.15) is 0 Å². The van der Waals surface area contributed by atoms with Crippen molar-refractivity contribution in [1.29, 1.82) is 0 Å². The normalized spacial score (nSPS) is 11.7. The van der Waals surface area contributed by atoms with Crippen LogP contribution in [0.1, 0.15) is 0 Å². The smallest absolute Gasteiger partial charge is 0.00141 e. The third-order valence-corrected chi connectivity index (χ3v) is 11.4. The lowest BCUT2D eigenvalue weighted by atomic mass is 9.83. The molecule has 0 radical (unpaired) electrons. The third kappa shape index (κ3) is 4.92. The van der Waals surface area contributed by atoms with Gasteiger partial charge in [-0.2, -0.15) is 0 Å². The first-order chi connectivity index (χ1) is 26.8. The Morgan fingerprint density at radius 1 is 0.204 bits per heavy atom. The molecule has 0 fully saturated rings. The molecule has 11 rings (SSSR count). The molecule has 0 amide bonds. The average molecular weight is 683 g/mol. The monoisotopic (exact) mass is 682 g/mol. The Morgan fingerprint density at radius 2 is 0.648 bits per heavy atom. The van der Waals surface area contributed by atoms with E-state index < -0.39 is 0 Å². The van der Waals surface area contributed by atoms with E-state index in [4.69, 9.17) is 0 Å². The lowest BCUT2D eigenvalue weighted by Crippen LogP contribution is -1.92. The van der Waals surface area contributed by atoms with Gasteiger partial charge >= 0.3 is 0 Å². The maximum atomic E-state index is 2.38. The molecule has 11 aromatic carbocycles. The first kappa shape index (κ1) is 30.6. The van der Waals surface area contributed by atoms with E-state index >= 15 is 0 Å². The van der Waals surface area contributed by atoms with Crippen LogP contribution in [0.4, 0.5) is 0 Å². The average Bonchev–Trinajstić information content (AvgIpc) is 3.25. The summed E-state index contributed by atoms with van der Waals surface area (Å²) in [5.41, 5.74) is 9.98. The maximum Gasteiger partial charge on any atom is -0.00141 e. The van der Waals surface area contributed by atoms with Gasteiger partial charge in [-0.05, 0) is 127 Å². The Balaban J connectivity index is 1.11. The zero-order valence-corrected chi connectivity index (χ0v) is 29.6. The van der Waals surface area contributed by atoms with Crippen molar-refractivity contribution < 1.29 is 0 Å². The van der Waals surface area contributed by atoms with E-state index in [2.05, 4.69) is 206 Å². The lowest BCUT2D eigenvalue weighted by Gasteiger charge is -2.20. The molecule has 250 valence electrons. The molecule has 0 atom stereocenters. The van der Waals surface area contributed by atoms with E-state index in [1.54, 1.807) is 0 Å². The number of hydrogen-bond donors (Lipinski definition) is 0. The summed E-state index contributed by atoms with van der Waals surface area (Å²) in [6.07, 6.45) is 0. The standard InChI is InChI=1S/C54H34/c1-2-13-40-32-41(25-20-35(40)10-1)42-26-27-44-34-45(29-28-43(44)33-42)52-49-17-7-8-18-50(49)53(54-48-16-6-4-12-37(48)30-31-51(52)54)39-23-21-38(22-24-39)47-19-9-14-36-11-3-5-15-46(36)47/h1-34H. The Kier molecular flexibility index (Phi) is 6.97. The summed E-state index contributed by atoms with van der Waals surface area (Å²) in [4.78, 5) is 0. The van der Waals surface area contributed by atoms with Crippen molar-refractivity contribution in [1.82, 2.24) is 0 Å². The van der Waals surface area contributed by atoms with Crippen molar-refractivity contribution in [2.24, 2.45) is 0 Å². The molecule has 0 unspecified atom stereocenters. The molecule has 0 aromatic heterocycles. The van der Waals surface area contributed by atoms with Gasteiger partial charge < -0.3 is 0 Å². The Morgan fingerprint density at radius 3 is 1.37 bits per heavy atom. The zero-order chi connectivity index (χ0) is 35.6. The van der Waals surface area contributed by atoms with E-state index in [0.717, 1.165) is 0 Å². The quantitative estimate of drug-likeness (QED) is 0.128. The van der Waals surface area contributed by atoms with Crippen LogP contribution in [0.5, 0.6) is 0 Å². The second-order valence-corrected chi connectivity index (χ2v) is 14.4. The molecule has 0 N–H and O–H groups in total. The summed E-state index contributed by atoms with van der Waals surface area (Å²) in [5, 5.41) is 15.2. The fourth-order valence-electron chi connectivity index (χ4n) is 8.80. The molecule has 0 saturated heterocycles. The summed E-state index contributed by atoms with van der Waals surface area (Å²) < 4.78 is 0. The van der Waals surface area contributed by atoms with Crippen molar-refractivity contribution in [3.8, 4) is 44.5 Å². The molecule has 0 aliphatic carbocycles. The summed E-state index contributed by atoms with van der Waals surface area (Å²) in [6.45, 7) is 0. The fraction of sp³-hybridized carbons (Fsp3) is 0. The SMILES string of the molecule is c1ccc2cc(-c3ccc4cc(-c5c6ccccc6c(-c6ccc(-c7cccc8ccccc78)cc6)c6c5ccc5ccccc56)ccc4c3)ccc2c1. The van der Waals surface area contributed by atoms with E-state index in [0.29, 0.717) is 0 Å². The fourth-order valence-corrected chi connectivity index (χ4v) is 8.80. The van der Waals surface area contributed by atoms with Crippen LogP contribution in [0, 0.1) is 0 Å². The summed E-state index contributed by atoms with van der Waals surface area (Å²) >= 11 is 0. The lowest BCUT2D eigenvalue weighted by molar-refractivity contribution is 1.64. The Labute approximate surface area is 314 Å². The van der Waals surface area contributed by atoms with Gasteiger partial charge in [0, 0.05) is 0 Å². The Hall–Kier alpha value is -7.02. The molecule has 0 spiro atoms. The van der Waals surface area contributed by atoms with Gasteiger partial charge in [-0.15, -0.1) is 0 Å². The van der Waals surface area contributed by atoms with Crippen LogP contribution >= 0.6 is 0 Å². The molecule has 0 nitrogen and oxygen atoms in total. The third-order valence-electron chi connectivity index (χ3n) is 11.4. The number of fused-ring (bicyclic) bond motifs is 7. The van der Waals surface area contributed by atoms with Crippen LogP contribution in [0.15, 0.2) is 206 Å². The zero-order valence-electron chi connectivity index (χ0n) is 29.6. The van der Waals surface area contributed by atoms with Crippen molar-refractivity contribution >= 4 is 64.6 Å². The van der Waals surface area contributed by atoms with Crippen LogP contribution in [0.2, 0.25) is 0 Å². The molecule has 0 aliphatic rings. The highest BCUT2D eigenvalue weighted by atomic mass is 14.2. The number of hydrogen-bond acceptors (Lipinski definition) is 0. The maximum absolute atomic E-state index is 2.38. The molecule has 0 aliphatic heterocycles. The minimum Gasteiger partial charge on any atom is -0.0616 e. The molecular formula is C54H34. The highest BCUT2D eigenvalue weighted by Gasteiger charge is 2.19. The number of rotatable bonds is 4. The predicted octanol–water partition coefficient (Wildman–Crippen LogP) is 15.3. The molecule has 54 heavy (non-hydrogen) atoms. The van der Waals surface area contributed by atoms with Gasteiger partial charge in [-0.3, -0.25) is 0 Å². The molecule has 0 heteroatoms. The number of benzene rings is 11. The highest BCUT2D eigenvalue weighted by molar-refractivity contribution is 6.28. The van der Waals surface area contributed by atoms with Crippen molar-refractivity contribution in [2.45, 2.75) is 0 Å². The van der Waals surface area contributed by atoms with Gasteiger partial charge in [0.15, 0.2) is 0 Å². The Bertz CT molecular complexity index is 3250. The van der Waals surface area contributed by atoms with Crippen LogP contribution < -0.4 is 0 Å². The minimum absolute atomic E-state index is 1.22. The van der Waals surface area contributed by atoms with Crippen LogP contribution in [0.3, 0.4) is 0 Å². The molecule has 0 heterocycles. The van der Waals surface area contributed by atoms with Crippen molar-refractivity contribution in [3.63, 3.8) is 0 Å². The second-order valence-electron chi connectivity index (χ2n) is 14.4. The first-order valence-electron chi connectivity index (χ1n) is 18.7. The topological polar surface area (TPSA) is 0 Å². The van der Waals surface area contributed by atoms with Crippen molar-refractivity contribution in [2.75, 3.05) is 0 Å². The van der Waals surface area contributed by atoms with E-state index in [-0.39, 0.29) is 0 Å². The van der Waals surface area contributed by atoms with Crippen molar-refractivity contribution in [3.05, 3.63) is 206 Å².